The second-order valence-corrected chi connectivity index (χ2v) is 4.22. The number of pyridine rings is 1. The number of rotatable bonds is 3. The second kappa shape index (κ2) is 5.39. The highest BCUT2D eigenvalue weighted by Crippen LogP contribution is 2.20. The van der Waals surface area contributed by atoms with Crippen molar-refractivity contribution in [2.75, 3.05) is 0 Å². The van der Waals surface area contributed by atoms with E-state index < -0.39 is 0 Å². The average Bonchev–Trinajstić information content (AvgIpc) is 2.36. The fourth-order valence-corrected chi connectivity index (χ4v) is 1.70. The number of aromatic nitrogens is 1. The van der Waals surface area contributed by atoms with Crippen molar-refractivity contribution in [3.63, 3.8) is 0 Å². The fourth-order valence-electron chi connectivity index (χ4n) is 1.70. The minimum atomic E-state index is -0.359. The van der Waals surface area contributed by atoms with E-state index in [1.54, 1.807) is 12.4 Å². The Morgan fingerprint density at radius 3 is 2.58 bits per heavy atom. The van der Waals surface area contributed by atoms with E-state index in [9.17, 15) is 15.0 Å². The summed E-state index contributed by atoms with van der Waals surface area (Å²) in [6.45, 7) is 2.28. The lowest BCUT2D eigenvalue weighted by molar-refractivity contribution is 0.0950. The Labute approximate surface area is 110 Å². The molecule has 5 heteroatoms. The molecule has 0 fully saturated rings. The van der Waals surface area contributed by atoms with Crippen LogP contribution in [0.1, 0.15) is 21.5 Å². The molecule has 2 aromatic rings. The van der Waals surface area contributed by atoms with Crippen LogP contribution in [-0.4, -0.2) is 21.1 Å². The summed E-state index contributed by atoms with van der Waals surface area (Å²) in [6.07, 6.45) is 3.39. The number of amides is 1. The van der Waals surface area contributed by atoms with Crippen molar-refractivity contribution in [3.8, 4) is 11.5 Å². The van der Waals surface area contributed by atoms with Gasteiger partial charge in [-0.2, -0.15) is 0 Å². The summed E-state index contributed by atoms with van der Waals surface area (Å²) >= 11 is 0. The zero-order valence-electron chi connectivity index (χ0n) is 10.4. The molecule has 2 rings (SSSR count). The van der Waals surface area contributed by atoms with Gasteiger partial charge in [-0.05, 0) is 36.2 Å². The maximum Gasteiger partial charge on any atom is 0.251 e. The van der Waals surface area contributed by atoms with Gasteiger partial charge in [0.05, 0.1) is 0 Å². The number of nitrogens with zero attached hydrogens (tertiary/aromatic N) is 1. The third-order valence-corrected chi connectivity index (χ3v) is 2.74. The van der Waals surface area contributed by atoms with Crippen molar-refractivity contribution >= 4 is 5.91 Å². The Balaban J connectivity index is 2.08. The molecule has 0 aliphatic rings. The quantitative estimate of drug-likeness (QED) is 0.783. The lowest BCUT2D eigenvalue weighted by Gasteiger charge is -2.08. The number of phenols is 2. The Kier molecular flexibility index (Phi) is 3.66. The van der Waals surface area contributed by atoms with E-state index >= 15 is 0 Å². The Morgan fingerprint density at radius 2 is 1.95 bits per heavy atom. The molecule has 0 bridgehead atoms. The molecule has 19 heavy (non-hydrogen) atoms. The molecule has 0 aliphatic heterocycles. The van der Waals surface area contributed by atoms with Crippen LogP contribution in [0.25, 0.3) is 0 Å². The first-order chi connectivity index (χ1) is 9.06. The lowest BCUT2D eigenvalue weighted by atomic mass is 10.1. The first kappa shape index (κ1) is 12.9. The maximum absolute atomic E-state index is 11.9. The van der Waals surface area contributed by atoms with Crippen LogP contribution in [0, 0.1) is 6.92 Å². The molecular weight excluding hydrogens is 244 g/mol. The molecule has 0 radical (unpaired) electrons. The number of carbonyl (C=O) groups excluding carboxylic acids is 1. The molecule has 1 heterocycles. The SMILES string of the molecule is Cc1cnccc1CNC(=O)c1cc(O)cc(O)c1. The monoisotopic (exact) mass is 258 g/mol. The normalized spacial score (nSPS) is 10.2. The van der Waals surface area contributed by atoms with Crippen molar-refractivity contribution in [1.29, 1.82) is 0 Å². The van der Waals surface area contributed by atoms with E-state index in [1.807, 2.05) is 13.0 Å². The zero-order chi connectivity index (χ0) is 13.8. The zero-order valence-corrected chi connectivity index (χ0v) is 10.4. The Bertz CT molecular complexity index is 591. The van der Waals surface area contributed by atoms with Gasteiger partial charge in [0.2, 0.25) is 0 Å². The van der Waals surface area contributed by atoms with Gasteiger partial charge in [-0.3, -0.25) is 9.78 Å². The number of hydrogen-bond donors (Lipinski definition) is 3. The highest BCUT2D eigenvalue weighted by Gasteiger charge is 2.08. The van der Waals surface area contributed by atoms with Crippen molar-refractivity contribution < 1.29 is 15.0 Å². The van der Waals surface area contributed by atoms with Gasteiger partial charge in [-0.25, -0.2) is 0 Å². The first-order valence-electron chi connectivity index (χ1n) is 5.77. The summed E-state index contributed by atoms with van der Waals surface area (Å²) in [4.78, 5) is 15.9. The molecule has 0 aliphatic carbocycles. The summed E-state index contributed by atoms with van der Waals surface area (Å²) in [6, 6.07) is 5.60. The number of carbonyl (C=O) groups is 1. The summed E-state index contributed by atoms with van der Waals surface area (Å²) in [5.41, 5.74) is 2.17. The van der Waals surface area contributed by atoms with Gasteiger partial charge >= 0.3 is 0 Å². The van der Waals surface area contributed by atoms with Crippen LogP contribution in [-0.2, 0) is 6.54 Å². The number of hydrogen-bond acceptors (Lipinski definition) is 4. The van der Waals surface area contributed by atoms with Crippen LogP contribution >= 0.6 is 0 Å². The van der Waals surface area contributed by atoms with E-state index in [4.69, 9.17) is 0 Å². The van der Waals surface area contributed by atoms with Gasteiger partial charge in [0.15, 0.2) is 0 Å². The summed E-state index contributed by atoms with van der Waals surface area (Å²) < 4.78 is 0. The van der Waals surface area contributed by atoms with E-state index in [0.717, 1.165) is 11.1 Å². The van der Waals surface area contributed by atoms with Crippen LogP contribution < -0.4 is 5.32 Å². The van der Waals surface area contributed by atoms with Crippen molar-refractivity contribution in [1.82, 2.24) is 10.3 Å². The first-order valence-corrected chi connectivity index (χ1v) is 5.77. The average molecular weight is 258 g/mol. The van der Waals surface area contributed by atoms with Crippen molar-refractivity contribution in [2.45, 2.75) is 13.5 Å². The molecule has 98 valence electrons. The lowest BCUT2D eigenvalue weighted by Crippen LogP contribution is -2.23. The predicted octanol–water partition coefficient (Wildman–Crippen LogP) is 1.73. The maximum atomic E-state index is 11.9. The molecule has 0 atom stereocenters. The topological polar surface area (TPSA) is 82.5 Å². The standard InChI is InChI=1S/C14H14N2O3/c1-9-7-15-3-2-10(9)8-16-14(19)11-4-12(17)6-13(18)5-11/h2-7,17-18H,8H2,1H3,(H,16,19). The molecule has 3 N–H and O–H groups in total. The van der Waals surface area contributed by atoms with E-state index in [-0.39, 0.29) is 23.0 Å². The molecule has 0 saturated carbocycles. The number of phenolic OH excluding ortho intramolecular Hbond substituents is 2. The molecule has 0 spiro atoms. The molecular formula is C14H14N2O3. The highest BCUT2D eigenvalue weighted by atomic mass is 16.3. The molecule has 1 aromatic heterocycles. The van der Waals surface area contributed by atoms with Crippen LogP contribution in [0.3, 0.4) is 0 Å². The highest BCUT2D eigenvalue weighted by molar-refractivity contribution is 5.95. The smallest absolute Gasteiger partial charge is 0.251 e. The summed E-state index contributed by atoms with van der Waals surface area (Å²) in [7, 11) is 0. The van der Waals surface area contributed by atoms with E-state index in [2.05, 4.69) is 10.3 Å². The third-order valence-electron chi connectivity index (χ3n) is 2.74. The minimum absolute atomic E-state index is 0.148. The number of aromatic hydroxyl groups is 2. The van der Waals surface area contributed by atoms with Gasteiger partial charge in [0.25, 0.3) is 5.91 Å². The Morgan fingerprint density at radius 1 is 1.26 bits per heavy atom. The predicted molar refractivity (Wildman–Crippen MR) is 69.9 cm³/mol. The van der Waals surface area contributed by atoms with Crippen LogP contribution in [0.5, 0.6) is 11.5 Å². The van der Waals surface area contributed by atoms with Gasteiger partial charge in [-0.15, -0.1) is 0 Å². The van der Waals surface area contributed by atoms with Gasteiger partial charge in [0.1, 0.15) is 11.5 Å². The molecule has 0 saturated heterocycles. The van der Waals surface area contributed by atoms with Gasteiger partial charge in [-0.1, -0.05) is 0 Å². The molecule has 5 nitrogen and oxygen atoms in total. The van der Waals surface area contributed by atoms with Gasteiger partial charge < -0.3 is 15.5 Å². The van der Waals surface area contributed by atoms with Crippen LogP contribution in [0.2, 0.25) is 0 Å². The van der Waals surface area contributed by atoms with Gasteiger partial charge in [0, 0.05) is 30.6 Å². The number of benzene rings is 1. The van der Waals surface area contributed by atoms with Crippen molar-refractivity contribution in [3.05, 3.63) is 53.3 Å². The second-order valence-electron chi connectivity index (χ2n) is 4.22. The fraction of sp³-hybridized carbons (Fsp3) is 0.143. The van der Waals surface area contributed by atoms with Crippen LogP contribution in [0.4, 0.5) is 0 Å². The molecule has 1 amide bonds. The van der Waals surface area contributed by atoms with E-state index in [1.165, 1.54) is 18.2 Å². The number of nitrogens with one attached hydrogen (secondary N) is 1. The summed E-state index contributed by atoms with van der Waals surface area (Å²) in [5.74, 6) is -0.655. The van der Waals surface area contributed by atoms with E-state index in [0.29, 0.717) is 6.54 Å². The third kappa shape index (κ3) is 3.22. The molecule has 1 aromatic carbocycles. The largest absolute Gasteiger partial charge is 0.508 e. The minimum Gasteiger partial charge on any atom is -0.508 e. The Hall–Kier alpha value is -2.56. The number of aryl methyl sites for hydroxylation is 1. The molecule has 0 unspecified atom stereocenters. The van der Waals surface area contributed by atoms with Crippen LogP contribution in [0.15, 0.2) is 36.7 Å². The van der Waals surface area contributed by atoms with Crippen molar-refractivity contribution in [2.24, 2.45) is 0 Å². The summed E-state index contributed by atoms with van der Waals surface area (Å²) in [5, 5.41) is 21.4.